The van der Waals surface area contributed by atoms with Crippen molar-refractivity contribution in [3.63, 3.8) is 0 Å². The SMILES string of the molecule is Cc1ccccc1C[C@@H](O)C[C@@H](Cc1ccccc1)C(=O)N[C@H]1c2ccccc2C[C@H]1O. The van der Waals surface area contributed by atoms with Gasteiger partial charge < -0.3 is 15.5 Å². The van der Waals surface area contributed by atoms with Gasteiger partial charge in [0.2, 0.25) is 5.91 Å². The Balaban J connectivity index is 1.50. The van der Waals surface area contributed by atoms with E-state index in [-0.39, 0.29) is 5.91 Å². The first kappa shape index (κ1) is 22.3. The monoisotopic (exact) mass is 429 g/mol. The van der Waals surface area contributed by atoms with Crippen LogP contribution in [0, 0.1) is 12.8 Å². The Morgan fingerprint density at radius 2 is 1.66 bits per heavy atom. The Hall–Kier alpha value is -2.95. The van der Waals surface area contributed by atoms with Crippen molar-refractivity contribution in [2.45, 2.75) is 50.9 Å². The molecule has 166 valence electrons. The normalized spacial score (nSPS) is 19.2. The Kier molecular flexibility index (Phi) is 7.03. The molecular weight excluding hydrogens is 398 g/mol. The van der Waals surface area contributed by atoms with Gasteiger partial charge >= 0.3 is 0 Å². The molecule has 1 aliphatic rings. The summed E-state index contributed by atoms with van der Waals surface area (Å²) in [6, 6.07) is 25.4. The number of aliphatic hydroxyl groups excluding tert-OH is 2. The fraction of sp³-hybridized carbons (Fsp3) is 0.321. The van der Waals surface area contributed by atoms with Gasteiger partial charge in [-0.05, 0) is 54.0 Å². The van der Waals surface area contributed by atoms with Crippen LogP contribution in [0.15, 0.2) is 78.9 Å². The van der Waals surface area contributed by atoms with E-state index in [2.05, 4.69) is 5.32 Å². The molecule has 0 fully saturated rings. The molecule has 0 saturated carbocycles. The summed E-state index contributed by atoms with van der Waals surface area (Å²) in [7, 11) is 0. The second-order valence-electron chi connectivity index (χ2n) is 8.86. The summed E-state index contributed by atoms with van der Waals surface area (Å²) in [6.45, 7) is 2.04. The lowest BCUT2D eigenvalue weighted by molar-refractivity contribution is -0.127. The highest BCUT2D eigenvalue weighted by Crippen LogP contribution is 2.32. The van der Waals surface area contributed by atoms with Crippen molar-refractivity contribution in [2.75, 3.05) is 0 Å². The molecule has 0 unspecified atom stereocenters. The number of rotatable bonds is 8. The molecule has 0 spiro atoms. The first-order valence-electron chi connectivity index (χ1n) is 11.3. The van der Waals surface area contributed by atoms with Gasteiger partial charge in [0.15, 0.2) is 0 Å². The second-order valence-corrected chi connectivity index (χ2v) is 8.86. The predicted octanol–water partition coefficient (Wildman–Crippen LogP) is 3.92. The zero-order chi connectivity index (χ0) is 22.5. The standard InChI is InChI=1S/C28H31NO3/c1-19-9-5-6-12-21(19)16-24(30)17-23(15-20-10-3-2-4-11-20)28(32)29-27-25-14-8-7-13-22(25)18-26(27)31/h2-14,23-24,26-27,30-31H,15-18H2,1H3,(H,29,32)/t23-,24-,26-,27+/m1/s1. The summed E-state index contributed by atoms with van der Waals surface area (Å²) in [6.07, 6.45) is 0.698. The van der Waals surface area contributed by atoms with Crippen LogP contribution in [0.25, 0.3) is 0 Å². The third kappa shape index (κ3) is 5.26. The third-order valence-corrected chi connectivity index (χ3v) is 6.47. The minimum Gasteiger partial charge on any atom is -0.393 e. The van der Waals surface area contributed by atoms with E-state index in [4.69, 9.17) is 0 Å². The van der Waals surface area contributed by atoms with Crippen molar-refractivity contribution in [1.82, 2.24) is 5.32 Å². The minimum atomic E-state index is -0.634. The molecular formula is C28H31NO3. The molecule has 0 aliphatic heterocycles. The van der Waals surface area contributed by atoms with Gasteiger partial charge in [0.05, 0.1) is 18.2 Å². The lowest BCUT2D eigenvalue weighted by atomic mass is 9.89. The lowest BCUT2D eigenvalue weighted by Gasteiger charge is -2.24. The van der Waals surface area contributed by atoms with Gasteiger partial charge in [-0.3, -0.25) is 4.79 Å². The number of hydrogen-bond donors (Lipinski definition) is 3. The molecule has 4 nitrogen and oxygen atoms in total. The van der Waals surface area contributed by atoms with E-state index in [1.54, 1.807) is 0 Å². The zero-order valence-electron chi connectivity index (χ0n) is 18.4. The summed E-state index contributed by atoms with van der Waals surface area (Å²) in [5, 5.41) is 24.5. The summed E-state index contributed by atoms with van der Waals surface area (Å²) >= 11 is 0. The van der Waals surface area contributed by atoms with Crippen LogP contribution in [-0.4, -0.2) is 28.3 Å². The summed E-state index contributed by atoms with van der Waals surface area (Å²) < 4.78 is 0. The highest BCUT2D eigenvalue weighted by molar-refractivity contribution is 5.79. The molecule has 32 heavy (non-hydrogen) atoms. The van der Waals surface area contributed by atoms with E-state index < -0.39 is 24.2 Å². The van der Waals surface area contributed by atoms with E-state index in [1.807, 2.05) is 85.8 Å². The van der Waals surface area contributed by atoms with Gasteiger partial charge in [0.25, 0.3) is 0 Å². The van der Waals surface area contributed by atoms with E-state index in [1.165, 1.54) is 0 Å². The van der Waals surface area contributed by atoms with Crippen molar-refractivity contribution >= 4 is 5.91 Å². The largest absolute Gasteiger partial charge is 0.393 e. The number of nitrogens with one attached hydrogen (secondary N) is 1. The average Bonchev–Trinajstić information content (AvgIpc) is 3.10. The zero-order valence-corrected chi connectivity index (χ0v) is 18.4. The fourth-order valence-corrected chi connectivity index (χ4v) is 4.71. The van der Waals surface area contributed by atoms with Crippen LogP contribution in [0.4, 0.5) is 0 Å². The maximum absolute atomic E-state index is 13.4. The van der Waals surface area contributed by atoms with Gasteiger partial charge in [0.1, 0.15) is 0 Å². The van der Waals surface area contributed by atoms with Gasteiger partial charge in [-0.2, -0.15) is 0 Å². The van der Waals surface area contributed by atoms with Crippen molar-refractivity contribution in [3.8, 4) is 0 Å². The first-order chi connectivity index (χ1) is 15.5. The van der Waals surface area contributed by atoms with Gasteiger partial charge in [0, 0.05) is 12.3 Å². The number of fused-ring (bicyclic) bond motifs is 1. The predicted molar refractivity (Wildman–Crippen MR) is 126 cm³/mol. The van der Waals surface area contributed by atoms with Crippen LogP contribution in [0.3, 0.4) is 0 Å². The number of carbonyl (C=O) groups is 1. The maximum Gasteiger partial charge on any atom is 0.224 e. The van der Waals surface area contributed by atoms with Crippen LogP contribution in [0.5, 0.6) is 0 Å². The highest BCUT2D eigenvalue weighted by atomic mass is 16.3. The van der Waals surface area contributed by atoms with E-state index in [9.17, 15) is 15.0 Å². The smallest absolute Gasteiger partial charge is 0.224 e. The van der Waals surface area contributed by atoms with Crippen LogP contribution in [0.1, 0.15) is 40.3 Å². The molecule has 4 rings (SSSR count). The number of aliphatic hydroxyl groups is 2. The van der Waals surface area contributed by atoms with E-state index >= 15 is 0 Å². The number of benzene rings is 3. The molecule has 0 heterocycles. The summed E-state index contributed by atoms with van der Waals surface area (Å²) in [5.41, 5.74) is 5.35. The molecule has 0 radical (unpaired) electrons. The van der Waals surface area contributed by atoms with Crippen LogP contribution >= 0.6 is 0 Å². The molecule has 3 N–H and O–H groups in total. The number of aryl methyl sites for hydroxylation is 1. The highest BCUT2D eigenvalue weighted by Gasteiger charge is 2.34. The lowest BCUT2D eigenvalue weighted by Crippen LogP contribution is -2.39. The summed E-state index contributed by atoms with van der Waals surface area (Å²) in [4.78, 5) is 13.4. The van der Waals surface area contributed by atoms with Crippen molar-refractivity contribution in [2.24, 2.45) is 5.92 Å². The van der Waals surface area contributed by atoms with Crippen LogP contribution in [-0.2, 0) is 24.1 Å². The Bertz CT molecular complexity index is 1050. The molecule has 3 aromatic rings. The molecule has 4 heteroatoms. The number of hydrogen-bond acceptors (Lipinski definition) is 3. The molecule has 0 bridgehead atoms. The summed E-state index contributed by atoms with van der Waals surface area (Å²) in [5.74, 6) is -0.519. The Labute approximate surface area is 189 Å². The van der Waals surface area contributed by atoms with Gasteiger partial charge in [-0.25, -0.2) is 0 Å². The average molecular weight is 430 g/mol. The molecule has 0 aromatic heterocycles. The van der Waals surface area contributed by atoms with Crippen molar-refractivity contribution < 1.29 is 15.0 Å². The molecule has 1 amide bonds. The second kappa shape index (κ2) is 10.1. The molecule has 1 aliphatic carbocycles. The van der Waals surface area contributed by atoms with Gasteiger partial charge in [-0.1, -0.05) is 78.9 Å². The number of amides is 1. The number of carbonyl (C=O) groups excluding carboxylic acids is 1. The van der Waals surface area contributed by atoms with E-state index in [0.717, 1.165) is 27.8 Å². The first-order valence-corrected chi connectivity index (χ1v) is 11.3. The fourth-order valence-electron chi connectivity index (χ4n) is 4.71. The molecule has 0 saturated heterocycles. The minimum absolute atomic E-state index is 0.126. The quantitative estimate of drug-likeness (QED) is 0.508. The maximum atomic E-state index is 13.4. The van der Waals surface area contributed by atoms with Crippen molar-refractivity contribution in [1.29, 1.82) is 0 Å². The topological polar surface area (TPSA) is 69.6 Å². The molecule has 4 atom stereocenters. The van der Waals surface area contributed by atoms with Crippen LogP contribution < -0.4 is 5.32 Å². The molecule has 3 aromatic carbocycles. The third-order valence-electron chi connectivity index (χ3n) is 6.47. The Morgan fingerprint density at radius 3 is 2.44 bits per heavy atom. The Morgan fingerprint density at radius 1 is 0.969 bits per heavy atom. The van der Waals surface area contributed by atoms with E-state index in [0.29, 0.717) is 25.7 Å². The van der Waals surface area contributed by atoms with Crippen molar-refractivity contribution in [3.05, 3.63) is 107 Å². The van der Waals surface area contributed by atoms with Crippen LogP contribution in [0.2, 0.25) is 0 Å². The van der Waals surface area contributed by atoms with Gasteiger partial charge in [-0.15, -0.1) is 0 Å².